The van der Waals surface area contributed by atoms with E-state index in [-0.39, 0.29) is 5.60 Å². The summed E-state index contributed by atoms with van der Waals surface area (Å²) in [7, 11) is 1.71. The van der Waals surface area contributed by atoms with E-state index in [2.05, 4.69) is 28.1 Å². The van der Waals surface area contributed by atoms with Gasteiger partial charge < -0.3 is 9.47 Å². The van der Waals surface area contributed by atoms with Gasteiger partial charge in [0, 0.05) is 25.8 Å². The second-order valence-corrected chi connectivity index (χ2v) is 7.01. The zero-order chi connectivity index (χ0) is 17.3. The van der Waals surface area contributed by atoms with Crippen LogP contribution in [0.5, 0.6) is 5.75 Å². The van der Waals surface area contributed by atoms with Crippen molar-refractivity contribution < 1.29 is 9.47 Å². The highest BCUT2D eigenvalue weighted by atomic mass is 16.5. The lowest BCUT2D eigenvalue weighted by Crippen LogP contribution is -2.47. The number of aromatic nitrogens is 2. The molecule has 1 aromatic carbocycles. The summed E-state index contributed by atoms with van der Waals surface area (Å²) in [6.07, 6.45) is 4.89. The molecule has 4 rings (SSSR count). The van der Waals surface area contributed by atoms with Gasteiger partial charge in [-0.1, -0.05) is 12.1 Å². The minimum atomic E-state index is -0.216. The SMILES string of the molecule is COc1cccc(CN2CCC3(CC2)OCCc2cnc(C)nc23)c1. The second-order valence-electron chi connectivity index (χ2n) is 7.01. The van der Waals surface area contributed by atoms with Gasteiger partial charge in [-0.05, 0) is 49.4 Å². The molecule has 0 bridgehead atoms. The lowest BCUT2D eigenvalue weighted by molar-refractivity contribution is -0.102. The molecule has 1 saturated heterocycles. The largest absolute Gasteiger partial charge is 0.497 e. The Balaban J connectivity index is 1.48. The molecule has 0 radical (unpaired) electrons. The smallest absolute Gasteiger partial charge is 0.125 e. The number of piperidine rings is 1. The molecule has 5 heteroatoms. The normalized spacial score (nSPS) is 19.6. The molecule has 5 nitrogen and oxygen atoms in total. The summed E-state index contributed by atoms with van der Waals surface area (Å²) in [6.45, 7) is 5.71. The molecule has 0 saturated carbocycles. The molecule has 2 aromatic rings. The van der Waals surface area contributed by atoms with Crippen LogP contribution in [0.25, 0.3) is 0 Å². The number of hydrogen-bond donors (Lipinski definition) is 0. The Labute approximate surface area is 149 Å². The van der Waals surface area contributed by atoms with E-state index in [0.717, 1.165) is 62.8 Å². The number of ether oxygens (including phenoxy) is 2. The van der Waals surface area contributed by atoms with Crippen LogP contribution in [0.2, 0.25) is 0 Å². The molecule has 0 atom stereocenters. The van der Waals surface area contributed by atoms with Gasteiger partial charge in [0.2, 0.25) is 0 Å². The van der Waals surface area contributed by atoms with Crippen molar-refractivity contribution in [3.8, 4) is 5.75 Å². The van der Waals surface area contributed by atoms with E-state index in [4.69, 9.17) is 14.5 Å². The van der Waals surface area contributed by atoms with Crippen molar-refractivity contribution in [1.29, 1.82) is 0 Å². The lowest BCUT2D eigenvalue weighted by atomic mass is 9.83. The van der Waals surface area contributed by atoms with E-state index < -0.39 is 0 Å². The molecule has 0 N–H and O–H groups in total. The summed E-state index contributed by atoms with van der Waals surface area (Å²) < 4.78 is 11.6. The molecule has 1 spiro atoms. The molecule has 132 valence electrons. The Kier molecular flexibility index (Phi) is 4.44. The molecule has 3 heterocycles. The van der Waals surface area contributed by atoms with Crippen LogP contribution >= 0.6 is 0 Å². The maximum Gasteiger partial charge on any atom is 0.125 e. The zero-order valence-corrected chi connectivity index (χ0v) is 15.0. The maximum atomic E-state index is 6.29. The Morgan fingerprint density at radius 3 is 2.92 bits per heavy atom. The number of methoxy groups -OCH3 is 1. The summed E-state index contributed by atoms with van der Waals surface area (Å²) in [6, 6.07) is 8.33. The third-order valence-corrected chi connectivity index (χ3v) is 5.37. The van der Waals surface area contributed by atoms with E-state index in [0.29, 0.717) is 0 Å². The molecule has 2 aliphatic heterocycles. The van der Waals surface area contributed by atoms with Crippen molar-refractivity contribution in [3.63, 3.8) is 0 Å². The van der Waals surface area contributed by atoms with Crippen molar-refractivity contribution in [1.82, 2.24) is 14.9 Å². The molecule has 0 amide bonds. The second kappa shape index (κ2) is 6.73. The van der Waals surface area contributed by atoms with Crippen molar-refractivity contribution >= 4 is 0 Å². The van der Waals surface area contributed by atoms with Crippen LogP contribution < -0.4 is 4.74 Å². The molecular weight excluding hydrogens is 314 g/mol. The average Bonchev–Trinajstić information content (AvgIpc) is 2.65. The Bertz CT molecular complexity index is 754. The Morgan fingerprint density at radius 1 is 1.28 bits per heavy atom. The first kappa shape index (κ1) is 16.5. The van der Waals surface area contributed by atoms with E-state index >= 15 is 0 Å². The predicted octanol–water partition coefficient (Wildman–Crippen LogP) is 2.86. The Morgan fingerprint density at radius 2 is 2.12 bits per heavy atom. The number of likely N-dealkylation sites (tertiary alicyclic amines) is 1. The number of nitrogens with zero attached hydrogens (tertiary/aromatic N) is 3. The van der Waals surface area contributed by atoms with E-state index in [9.17, 15) is 0 Å². The van der Waals surface area contributed by atoms with E-state index in [1.165, 1.54) is 11.1 Å². The van der Waals surface area contributed by atoms with Crippen molar-refractivity contribution in [3.05, 3.63) is 53.1 Å². The van der Waals surface area contributed by atoms with E-state index in [1.54, 1.807) is 7.11 Å². The minimum Gasteiger partial charge on any atom is -0.497 e. The molecule has 0 aliphatic carbocycles. The van der Waals surface area contributed by atoms with Crippen LogP contribution in [0.1, 0.15) is 35.5 Å². The zero-order valence-electron chi connectivity index (χ0n) is 15.0. The highest BCUT2D eigenvalue weighted by Crippen LogP contribution is 2.40. The highest BCUT2D eigenvalue weighted by molar-refractivity contribution is 5.29. The highest BCUT2D eigenvalue weighted by Gasteiger charge is 2.42. The van der Waals surface area contributed by atoms with Gasteiger partial charge >= 0.3 is 0 Å². The fraction of sp³-hybridized carbons (Fsp3) is 0.500. The van der Waals surface area contributed by atoms with E-state index in [1.807, 2.05) is 19.2 Å². The predicted molar refractivity (Wildman–Crippen MR) is 95.6 cm³/mol. The summed E-state index contributed by atoms with van der Waals surface area (Å²) >= 11 is 0. The summed E-state index contributed by atoms with van der Waals surface area (Å²) in [5.41, 5.74) is 3.47. The number of hydrogen-bond acceptors (Lipinski definition) is 5. The van der Waals surface area contributed by atoms with Crippen LogP contribution in [0.3, 0.4) is 0 Å². The summed E-state index contributed by atoms with van der Waals surface area (Å²) in [5, 5.41) is 0. The first-order valence-corrected chi connectivity index (χ1v) is 9.01. The third kappa shape index (κ3) is 3.26. The average molecular weight is 339 g/mol. The van der Waals surface area contributed by atoms with Gasteiger partial charge in [-0.25, -0.2) is 9.97 Å². The molecular formula is C20H25N3O2. The molecule has 1 fully saturated rings. The number of aryl methyl sites for hydroxylation is 1. The quantitative estimate of drug-likeness (QED) is 0.860. The molecule has 1 aromatic heterocycles. The standard InChI is InChI=1S/C20H25N3O2/c1-15-21-13-17-6-11-25-20(19(17)22-15)7-9-23(10-8-20)14-16-4-3-5-18(12-16)24-2/h3-5,12-13H,6-11,14H2,1-2H3. The van der Waals surface area contributed by atoms with Crippen LogP contribution in [-0.2, 0) is 23.3 Å². The maximum absolute atomic E-state index is 6.29. The van der Waals surface area contributed by atoms with Crippen LogP contribution in [-0.4, -0.2) is 41.7 Å². The van der Waals surface area contributed by atoms with Gasteiger partial charge in [-0.2, -0.15) is 0 Å². The van der Waals surface area contributed by atoms with Gasteiger partial charge in [0.25, 0.3) is 0 Å². The first-order valence-electron chi connectivity index (χ1n) is 9.01. The topological polar surface area (TPSA) is 47.5 Å². The van der Waals surface area contributed by atoms with Crippen LogP contribution in [0.15, 0.2) is 30.5 Å². The third-order valence-electron chi connectivity index (χ3n) is 5.37. The molecule has 0 unspecified atom stereocenters. The first-order chi connectivity index (χ1) is 12.2. The fourth-order valence-electron chi connectivity index (χ4n) is 3.98. The lowest BCUT2D eigenvalue weighted by Gasteiger charge is -2.44. The van der Waals surface area contributed by atoms with Gasteiger partial charge in [0.15, 0.2) is 0 Å². The number of benzene rings is 1. The van der Waals surface area contributed by atoms with Crippen molar-refractivity contribution in [2.45, 2.75) is 38.3 Å². The molecule has 25 heavy (non-hydrogen) atoms. The summed E-state index contributed by atoms with van der Waals surface area (Å²) in [4.78, 5) is 11.6. The van der Waals surface area contributed by atoms with Gasteiger partial charge in [0.05, 0.1) is 19.4 Å². The van der Waals surface area contributed by atoms with Crippen LogP contribution in [0.4, 0.5) is 0 Å². The fourth-order valence-corrected chi connectivity index (χ4v) is 3.98. The number of rotatable bonds is 3. The summed E-state index contributed by atoms with van der Waals surface area (Å²) in [5.74, 6) is 1.75. The van der Waals surface area contributed by atoms with Crippen molar-refractivity contribution in [2.24, 2.45) is 0 Å². The molecule has 2 aliphatic rings. The van der Waals surface area contributed by atoms with Crippen LogP contribution in [0, 0.1) is 6.92 Å². The monoisotopic (exact) mass is 339 g/mol. The number of fused-ring (bicyclic) bond motifs is 2. The minimum absolute atomic E-state index is 0.216. The van der Waals surface area contributed by atoms with Gasteiger partial charge in [0.1, 0.15) is 17.2 Å². The van der Waals surface area contributed by atoms with Crippen molar-refractivity contribution in [2.75, 3.05) is 26.8 Å². The van der Waals surface area contributed by atoms with Gasteiger partial charge in [-0.3, -0.25) is 4.90 Å². The van der Waals surface area contributed by atoms with Gasteiger partial charge in [-0.15, -0.1) is 0 Å². The Hall–Kier alpha value is -1.98.